The van der Waals surface area contributed by atoms with Crippen molar-refractivity contribution in [3.8, 4) is 16.9 Å². The summed E-state index contributed by atoms with van der Waals surface area (Å²) in [4.78, 5) is 17.1. The minimum absolute atomic E-state index is 0.318. The number of amides is 2. The van der Waals surface area contributed by atoms with Gasteiger partial charge in [-0.25, -0.2) is 14.5 Å². The van der Waals surface area contributed by atoms with Gasteiger partial charge in [0.25, 0.3) is 0 Å². The molecule has 32 heavy (non-hydrogen) atoms. The second kappa shape index (κ2) is 7.88. The van der Waals surface area contributed by atoms with E-state index in [9.17, 15) is 4.79 Å². The van der Waals surface area contributed by atoms with Gasteiger partial charge in [0.1, 0.15) is 5.75 Å². The number of hydrogen-bond donors (Lipinski definition) is 3. The Hall–Kier alpha value is -4.07. The SMILES string of the molecule is COc1ccc(NC(=O)Nc2ccc(-c3cc(C4CC4)nc4c3c(N)nn4C)cc2)cc1. The first kappa shape index (κ1) is 19.9. The van der Waals surface area contributed by atoms with E-state index in [1.807, 2.05) is 31.3 Å². The summed E-state index contributed by atoms with van der Waals surface area (Å²) in [5.74, 6) is 1.71. The lowest BCUT2D eigenvalue weighted by Crippen LogP contribution is -2.19. The largest absolute Gasteiger partial charge is 0.497 e. The number of carbonyl (C=O) groups excluding carboxylic acids is 1. The van der Waals surface area contributed by atoms with Crippen LogP contribution in [-0.4, -0.2) is 27.9 Å². The highest BCUT2D eigenvalue weighted by Crippen LogP contribution is 2.42. The second-order valence-corrected chi connectivity index (χ2v) is 7.96. The molecule has 4 aromatic rings. The van der Waals surface area contributed by atoms with E-state index >= 15 is 0 Å². The lowest BCUT2D eigenvalue weighted by atomic mass is 10.0. The summed E-state index contributed by atoms with van der Waals surface area (Å²) in [6.45, 7) is 0. The van der Waals surface area contributed by atoms with E-state index in [0.717, 1.165) is 46.4 Å². The first-order chi connectivity index (χ1) is 15.5. The molecule has 2 aromatic carbocycles. The summed E-state index contributed by atoms with van der Waals surface area (Å²) in [6, 6.07) is 16.6. The van der Waals surface area contributed by atoms with Crippen LogP contribution in [0.15, 0.2) is 54.6 Å². The second-order valence-electron chi connectivity index (χ2n) is 7.96. The lowest BCUT2D eigenvalue weighted by molar-refractivity contribution is 0.262. The molecule has 2 aromatic heterocycles. The van der Waals surface area contributed by atoms with Crippen LogP contribution in [0.1, 0.15) is 24.5 Å². The van der Waals surface area contributed by atoms with Crippen LogP contribution in [0.25, 0.3) is 22.2 Å². The van der Waals surface area contributed by atoms with Crippen LogP contribution in [0.4, 0.5) is 22.0 Å². The van der Waals surface area contributed by atoms with E-state index in [2.05, 4.69) is 21.8 Å². The number of hydrogen-bond acceptors (Lipinski definition) is 5. The number of aryl methyl sites for hydroxylation is 1. The van der Waals surface area contributed by atoms with Gasteiger partial charge in [0, 0.05) is 30.0 Å². The molecule has 1 aliphatic rings. The fraction of sp³-hybridized carbons (Fsp3) is 0.208. The Labute approximate surface area is 185 Å². The molecule has 162 valence electrons. The molecule has 8 nitrogen and oxygen atoms in total. The summed E-state index contributed by atoms with van der Waals surface area (Å²) in [5.41, 5.74) is 11.5. The Morgan fingerprint density at radius 3 is 2.28 bits per heavy atom. The van der Waals surface area contributed by atoms with Crippen LogP contribution in [0.5, 0.6) is 5.75 Å². The van der Waals surface area contributed by atoms with Crippen molar-refractivity contribution in [2.24, 2.45) is 7.05 Å². The van der Waals surface area contributed by atoms with Gasteiger partial charge < -0.3 is 21.1 Å². The van der Waals surface area contributed by atoms with E-state index in [4.69, 9.17) is 15.5 Å². The number of rotatable bonds is 5. The number of methoxy groups -OCH3 is 1. The molecule has 2 heterocycles. The summed E-state index contributed by atoms with van der Waals surface area (Å²) in [5, 5.41) is 10.9. The molecule has 0 aliphatic heterocycles. The van der Waals surface area contributed by atoms with E-state index in [1.54, 1.807) is 36.1 Å². The van der Waals surface area contributed by atoms with Crippen LogP contribution in [-0.2, 0) is 7.05 Å². The molecule has 0 bridgehead atoms. The van der Waals surface area contributed by atoms with Crippen LogP contribution < -0.4 is 21.1 Å². The van der Waals surface area contributed by atoms with E-state index in [0.29, 0.717) is 23.1 Å². The Balaban J connectivity index is 1.37. The van der Waals surface area contributed by atoms with Crippen LogP contribution in [0.2, 0.25) is 0 Å². The lowest BCUT2D eigenvalue weighted by Gasteiger charge is -2.11. The topological polar surface area (TPSA) is 107 Å². The molecular formula is C24H24N6O2. The van der Waals surface area contributed by atoms with Gasteiger partial charge in [-0.1, -0.05) is 12.1 Å². The van der Waals surface area contributed by atoms with Gasteiger partial charge in [0.15, 0.2) is 11.5 Å². The smallest absolute Gasteiger partial charge is 0.323 e. The zero-order chi connectivity index (χ0) is 22.2. The molecule has 8 heteroatoms. The molecule has 1 saturated carbocycles. The number of ether oxygens (including phenoxy) is 1. The van der Waals surface area contributed by atoms with Crippen LogP contribution in [0, 0.1) is 0 Å². The number of benzene rings is 2. The minimum Gasteiger partial charge on any atom is -0.497 e. The molecule has 4 N–H and O–H groups in total. The van der Waals surface area contributed by atoms with Crippen LogP contribution >= 0.6 is 0 Å². The van der Waals surface area contributed by atoms with Crippen molar-refractivity contribution in [1.29, 1.82) is 0 Å². The van der Waals surface area contributed by atoms with Crippen molar-refractivity contribution in [2.75, 3.05) is 23.5 Å². The third-order valence-electron chi connectivity index (χ3n) is 5.64. The summed E-state index contributed by atoms with van der Waals surface area (Å²) in [7, 11) is 3.46. The molecule has 2 amide bonds. The molecule has 1 fully saturated rings. The number of pyridine rings is 1. The normalized spacial score (nSPS) is 13.2. The van der Waals surface area contributed by atoms with Crippen molar-refractivity contribution in [3.05, 3.63) is 60.3 Å². The quantitative estimate of drug-likeness (QED) is 0.425. The standard InChI is InChI=1S/C24H24N6O2/c1-30-23-21(22(25)29-30)19(13-20(28-23)15-3-4-15)14-5-7-16(8-6-14)26-24(31)27-17-9-11-18(32-2)12-10-17/h5-13,15H,3-4H2,1-2H3,(H2,25,29)(H2,26,27,31). The molecule has 5 rings (SSSR count). The molecule has 0 radical (unpaired) electrons. The number of fused-ring (bicyclic) bond motifs is 1. The summed E-state index contributed by atoms with van der Waals surface area (Å²) < 4.78 is 6.87. The van der Waals surface area contributed by atoms with Gasteiger partial charge in [0.05, 0.1) is 12.5 Å². The zero-order valence-electron chi connectivity index (χ0n) is 17.9. The third-order valence-corrected chi connectivity index (χ3v) is 5.64. The Morgan fingerprint density at radius 2 is 1.69 bits per heavy atom. The number of anilines is 3. The highest BCUT2D eigenvalue weighted by atomic mass is 16.5. The van der Waals surface area contributed by atoms with Gasteiger partial charge in [0.2, 0.25) is 0 Å². The number of nitrogen functional groups attached to an aromatic ring is 1. The predicted molar refractivity (Wildman–Crippen MR) is 126 cm³/mol. The molecule has 0 atom stereocenters. The Kier molecular flexibility index (Phi) is 4.89. The van der Waals surface area contributed by atoms with E-state index in [-0.39, 0.29) is 6.03 Å². The first-order valence-electron chi connectivity index (χ1n) is 10.5. The zero-order valence-corrected chi connectivity index (χ0v) is 17.9. The summed E-state index contributed by atoms with van der Waals surface area (Å²) >= 11 is 0. The van der Waals surface area contributed by atoms with Crippen molar-refractivity contribution >= 4 is 34.3 Å². The maximum absolute atomic E-state index is 12.4. The third kappa shape index (κ3) is 3.82. The van der Waals surface area contributed by atoms with Crippen molar-refractivity contribution in [1.82, 2.24) is 14.8 Å². The van der Waals surface area contributed by atoms with Gasteiger partial charge in [-0.05, 0) is 66.4 Å². The number of carbonyl (C=O) groups is 1. The van der Waals surface area contributed by atoms with Gasteiger partial charge in [-0.2, -0.15) is 5.10 Å². The maximum Gasteiger partial charge on any atom is 0.323 e. The number of nitrogens with two attached hydrogens (primary N) is 1. The van der Waals surface area contributed by atoms with Crippen LogP contribution in [0.3, 0.4) is 0 Å². The average Bonchev–Trinajstić information content (AvgIpc) is 3.60. The van der Waals surface area contributed by atoms with E-state index in [1.165, 1.54) is 0 Å². The monoisotopic (exact) mass is 428 g/mol. The van der Waals surface area contributed by atoms with E-state index < -0.39 is 0 Å². The Morgan fingerprint density at radius 1 is 1.06 bits per heavy atom. The first-order valence-corrected chi connectivity index (χ1v) is 10.5. The summed E-state index contributed by atoms with van der Waals surface area (Å²) in [6.07, 6.45) is 2.33. The molecular weight excluding hydrogens is 404 g/mol. The van der Waals surface area contributed by atoms with Crippen molar-refractivity contribution < 1.29 is 9.53 Å². The Bertz CT molecular complexity index is 1290. The number of urea groups is 1. The highest BCUT2D eigenvalue weighted by Gasteiger charge is 2.27. The van der Waals surface area contributed by atoms with Gasteiger partial charge in [-0.3, -0.25) is 0 Å². The fourth-order valence-corrected chi connectivity index (χ4v) is 3.81. The fourth-order valence-electron chi connectivity index (χ4n) is 3.81. The number of nitrogens with one attached hydrogen (secondary N) is 2. The molecule has 0 spiro atoms. The van der Waals surface area contributed by atoms with Crippen molar-refractivity contribution in [2.45, 2.75) is 18.8 Å². The van der Waals surface area contributed by atoms with Crippen molar-refractivity contribution in [3.63, 3.8) is 0 Å². The predicted octanol–water partition coefficient (Wildman–Crippen LogP) is 4.75. The van der Waals surface area contributed by atoms with Gasteiger partial charge >= 0.3 is 6.03 Å². The maximum atomic E-state index is 12.4. The highest BCUT2D eigenvalue weighted by molar-refractivity contribution is 6.02. The number of aromatic nitrogens is 3. The minimum atomic E-state index is -0.318. The average molecular weight is 428 g/mol. The number of nitrogens with zero attached hydrogens (tertiary/aromatic N) is 3. The molecule has 0 unspecified atom stereocenters. The van der Waals surface area contributed by atoms with Gasteiger partial charge in [-0.15, -0.1) is 0 Å². The molecule has 1 aliphatic carbocycles. The molecule has 0 saturated heterocycles.